The molecule has 0 unspecified atom stereocenters. The molecule has 4 heterocycles. The Morgan fingerprint density at radius 1 is 1.09 bits per heavy atom. The second-order valence-corrected chi connectivity index (χ2v) is 10.8. The number of benzene rings is 1. The van der Waals surface area contributed by atoms with Gasteiger partial charge in [0.1, 0.15) is 0 Å². The van der Waals surface area contributed by atoms with E-state index in [1.807, 2.05) is 0 Å². The maximum atomic E-state index is 12.7. The van der Waals surface area contributed by atoms with Gasteiger partial charge in [0.15, 0.2) is 0 Å². The third kappa shape index (κ3) is 4.53. The monoisotopic (exact) mass is 498 g/mol. The minimum Gasteiger partial charge on any atom is -0.415 e. The van der Waals surface area contributed by atoms with E-state index in [4.69, 9.17) is 4.42 Å². The third-order valence-electron chi connectivity index (χ3n) is 7.66. The first kappa shape index (κ1) is 22.8. The second kappa shape index (κ2) is 9.46. The Morgan fingerprint density at radius 2 is 1.86 bits per heavy atom. The van der Waals surface area contributed by atoms with Gasteiger partial charge in [-0.3, -0.25) is 4.90 Å². The largest absolute Gasteiger partial charge is 0.415 e. The van der Waals surface area contributed by atoms with Crippen LogP contribution in [0.25, 0.3) is 11.5 Å². The van der Waals surface area contributed by atoms with Crippen molar-refractivity contribution in [2.45, 2.75) is 56.0 Å². The molecule has 0 atom stereocenters. The lowest BCUT2D eigenvalue weighted by molar-refractivity contribution is 0.116. The SMILES string of the molecule is FC(F)c1nnc(-c2cnc(NC3(c4cccc(C5CCN(C6CSC6)CC5)c4)CCC3)nc2)o1. The standard InChI is InChI=1S/C25H28F2N6OS/c26-21(27)23-32-31-22(34-23)18-12-28-24(29-13-18)30-25(7-2-8-25)19-4-1-3-17(11-19)16-5-9-33(10-6-16)20-14-35-15-20/h1,3-4,11-13,16,20-21H,2,5-10,14-15H2,(H,28,29,30). The molecular weight excluding hydrogens is 470 g/mol. The average molecular weight is 499 g/mol. The Hall–Kier alpha value is -2.59. The Balaban J connectivity index is 1.15. The highest BCUT2D eigenvalue weighted by molar-refractivity contribution is 8.00. The van der Waals surface area contributed by atoms with Crippen molar-refractivity contribution in [2.75, 3.05) is 29.9 Å². The number of hydrogen-bond donors (Lipinski definition) is 1. The molecule has 2 aromatic heterocycles. The molecule has 0 amide bonds. The van der Waals surface area contributed by atoms with E-state index in [-0.39, 0.29) is 11.4 Å². The minimum atomic E-state index is -2.80. The van der Waals surface area contributed by atoms with Gasteiger partial charge >= 0.3 is 6.43 Å². The van der Waals surface area contributed by atoms with Gasteiger partial charge in [0, 0.05) is 29.9 Å². The van der Waals surface area contributed by atoms with Gasteiger partial charge in [-0.05, 0) is 62.2 Å². The van der Waals surface area contributed by atoms with Crippen molar-refractivity contribution in [3.63, 3.8) is 0 Å². The topological polar surface area (TPSA) is 80.0 Å². The Bertz CT molecular complexity index is 1160. The maximum absolute atomic E-state index is 12.7. The van der Waals surface area contributed by atoms with Gasteiger partial charge in [-0.1, -0.05) is 24.3 Å². The van der Waals surface area contributed by atoms with Gasteiger partial charge in [-0.15, -0.1) is 10.2 Å². The van der Waals surface area contributed by atoms with E-state index in [2.05, 4.69) is 66.4 Å². The van der Waals surface area contributed by atoms with E-state index >= 15 is 0 Å². The zero-order chi connectivity index (χ0) is 23.8. The van der Waals surface area contributed by atoms with Crippen LogP contribution < -0.4 is 5.32 Å². The smallest absolute Gasteiger partial charge is 0.314 e. The third-order valence-corrected chi connectivity index (χ3v) is 8.90. The van der Waals surface area contributed by atoms with Crippen molar-refractivity contribution >= 4 is 17.7 Å². The van der Waals surface area contributed by atoms with Crippen molar-refractivity contribution in [3.8, 4) is 11.5 Å². The number of hydrogen-bond acceptors (Lipinski definition) is 8. The molecule has 0 bridgehead atoms. The van der Waals surface area contributed by atoms with Crippen LogP contribution in [-0.2, 0) is 5.54 Å². The summed E-state index contributed by atoms with van der Waals surface area (Å²) < 4.78 is 30.4. The first-order chi connectivity index (χ1) is 17.1. The molecule has 1 N–H and O–H groups in total. The van der Waals surface area contributed by atoms with Gasteiger partial charge in [-0.2, -0.15) is 20.5 Å². The van der Waals surface area contributed by atoms with Crippen molar-refractivity contribution in [2.24, 2.45) is 0 Å². The van der Waals surface area contributed by atoms with Gasteiger partial charge in [-0.25, -0.2) is 9.97 Å². The molecule has 1 saturated carbocycles. The molecule has 3 aromatic rings. The Labute approximate surface area is 207 Å². The quantitative estimate of drug-likeness (QED) is 0.473. The molecule has 0 spiro atoms. The summed E-state index contributed by atoms with van der Waals surface area (Å²) in [5.74, 6) is 2.98. The highest BCUT2D eigenvalue weighted by Crippen LogP contribution is 2.44. The summed E-state index contributed by atoms with van der Waals surface area (Å²) >= 11 is 2.06. The van der Waals surface area contributed by atoms with E-state index in [1.54, 1.807) is 0 Å². The molecule has 6 rings (SSSR count). The molecule has 7 nitrogen and oxygen atoms in total. The number of halogens is 2. The van der Waals surface area contributed by atoms with Crippen LogP contribution in [0.1, 0.15) is 61.5 Å². The summed E-state index contributed by atoms with van der Waals surface area (Å²) in [6, 6.07) is 9.84. The maximum Gasteiger partial charge on any atom is 0.314 e. The average Bonchev–Trinajstić information content (AvgIpc) is 3.32. The zero-order valence-electron chi connectivity index (χ0n) is 19.4. The highest BCUT2D eigenvalue weighted by atomic mass is 32.2. The minimum absolute atomic E-state index is 0.0139. The number of thioether (sulfide) groups is 1. The van der Waals surface area contributed by atoms with E-state index < -0.39 is 12.3 Å². The summed E-state index contributed by atoms with van der Waals surface area (Å²) in [4.78, 5) is 11.5. The van der Waals surface area contributed by atoms with Crippen molar-refractivity contribution < 1.29 is 13.2 Å². The second-order valence-electron chi connectivity index (χ2n) is 9.73. The lowest BCUT2D eigenvalue weighted by atomic mass is 9.71. The Morgan fingerprint density at radius 3 is 2.46 bits per heavy atom. The van der Waals surface area contributed by atoms with E-state index in [0.29, 0.717) is 17.4 Å². The van der Waals surface area contributed by atoms with Crippen LogP contribution in [0, 0.1) is 0 Å². The Kier molecular flexibility index (Phi) is 6.18. The van der Waals surface area contributed by atoms with Gasteiger partial charge in [0.25, 0.3) is 11.8 Å². The fourth-order valence-corrected chi connectivity index (χ4v) is 6.16. The predicted octanol–water partition coefficient (Wildman–Crippen LogP) is 5.25. The van der Waals surface area contributed by atoms with Crippen molar-refractivity contribution in [1.82, 2.24) is 25.1 Å². The van der Waals surface area contributed by atoms with Gasteiger partial charge in [0.2, 0.25) is 5.95 Å². The fraction of sp³-hybridized carbons (Fsp3) is 0.520. The van der Waals surface area contributed by atoms with Crippen LogP contribution in [0.4, 0.5) is 14.7 Å². The summed E-state index contributed by atoms with van der Waals surface area (Å²) in [6.45, 7) is 2.39. The first-order valence-corrected chi connectivity index (χ1v) is 13.4. The number of nitrogens with one attached hydrogen (secondary N) is 1. The van der Waals surface area contributed by atoms with Crippen LogP contribution in [0.2, 0.25) is 0 Å². The number of nitrogens with zero attached hydrogens (tertiary/aromatic N) is 5. The van der Waals surface area contributed by atoms with E-state index in [9.17, 15) is 8.78 Å². The number of piperidine rings is 1. The lowest BCUT2D eigenvalue weighted by Crippen LogP contribution is -2.47. The van der Waals surface area contributed by atoms with Crippen LogP contribution in [0.15, 0.2) is 41.1 Å². The number of alkyl halides is 2. The molecule has 1 aromatic carbocycles. The molecule has 3 fully saturated rings. The number of rotatable bonds is 7. The van der Waals surface area contributed by atoms with Crippen molar-refractivity contribution in [1.29, 1.82) is 0 Å². The highest BCUT2D eigenvalue weighted by Gasteiger charge is 2.40. The molecule has 184 valence electrons. The number of aromatic nitrogens is 4. The first-order valence-electron chi connectivity index (χ1n) is 12.2. The molecule has 2 aliphatic heterocycles. The van der Waals surface area contributed by atoms with Gasteiger partial charge < -0.3 is 9.73 Å². The summed E-state index contributed by atoms with van der Waals surface area (Å²) in [5.41, 5.74) is 2.94. The predicted molar refractivity (Wildman–Crippen MR) is 131 cm³/mol. The lowest BCUT2D eigenvalue weighted by Gasteiger charge is -2.44. The molecule has 3 aliphatic rings. The summed E-state index contributed by atoms with van der Waals surface area (Å²) in [5, 5.41) is 10.6. The van der Waals surface area contributed by atoms with E-state index in [0.717, 1.165) is 25.3 Å². The molecular formula is C25H28F2N6OS. The van der Waals surface area contributed by atoms with Crippen LogP contribution in [-0.4, -0.2) is 55.7 Å². The molecule has 35 heavy (non-hydrogen) atoms. The molecule has 10 heteroatoms. The summed E-state index contributed by atoms with van der Waals surface area (Å²) in [7, 11) is 0. The van der Waals surface area contributed by atoms with Crippen LogP contribution >= 0.6 is 11.8 Å². The number of likely N-dealkylation sites (tertiary alicyclic amines) is 1. The zero-order valence-corrected chi connectivity index (χ0v) is 20.2. The van der Waals surface area contributed by atoms with E-state index in [1.165, 1.54) is 61.0 Å². The van der Waals surface area contributed by atoms with Crippen LogP contribution in [0.3, 0.4) is 0 Å². The molecule has 0 radical (unpaired) electrons. The fourth-order valence-electron chi connectivity index (χ4n) is 5.29. The number of anilines is 1. The van der Waals surface area contributed by atoms with Gasteiger partial charge in [0.05, 0.1) is 11.1 Å². The summed E-state index contributed by atoms with van der Waals surface area (Å²) in [6.07, 6.45) is 5.86. The molecule has 2 saturated heterocycles. The van der Waals surface area contributed by atoms with Crippen molar-refractivity contribution in [3.05, 3.63) is 53.7 Å². The van der Waals surface area contributed by atoms with Crippen LogP contribution in [0.5, 0.6) is 0 Å². The molecule has 1 aliphatic carbocycles. The normalized spacial score (nSPS) is 21.0.